The average molecular weight is 232 g/mol. The van der Waals surface area contributed by atoms with Gasteiger partial charge in [-0.25, -0.2) is 4.39 Å². The van der Waals surface area contributed by atoms with Crippen molar-refractivity contribution >= 4 is 5.78 Å². The maximum absolute atomic E-state index is 13.7. The van der Waals surface area contributed by atoms with Gasteiger partial charge in [0.2, 0.25) is 0 Å². The van der Waals surface area contributed by atoms with Gasteiger partial charge in [0.15, 0.2) is 5.78 Å². The zero-order valence-corrected chi connectivity index (χ0v) is 10.1. The molecule has 0 aliphatic heterocycles. The van der Waals surface area contributed by atoms with Crippen LogP contribution in [0.1, 0.15) is 48.0 Å². The first kappa shape index (κ1) is 12.0. The second-order valence-electron chi connectivity index (χ2n) is 4.64. The molecule has 17 heavy (non-hydrogen) atoms. The quantitative estimate of drug-likeness (QED) is 0.698. The lowest BCUT2D eigenvalue weighted by atomic mass is 9.98. The summed E-state index contributed by atoms with van der Waals surface area (Å²) in [7, 11) is 0. The van der Waals surface area contributed by atoms with E-state index in [2.05, 4.69) is 0 Å². The smallest absolute Gasteiger partial charge is 0.191 e. The summed E-state index contributed by atoms with van der Waals surface area (Å²) in [6.45, 7) is 1.82. The number of carbonyl (C=O) groups is 1. The van der Waals surface area contributed by atoms with Crippen LogP contribution in [-0.2, 0) is 0 Å². The Balaban J connectivity index is 2.27. The summed E-state index contributed by atoms with van der Waals surface area (Å²) in [6.07, 6.45) is 7.03. The van der Waals surface area contributed by atoms with E-state index in [4.69, 9.17) is 0 Å². The Labute approximate surface area is 101 Å². The Morgan fingerprint density at radius 3 is 2.82 bits per heavy atom. The van der Waals surface area contributed by atoms with Gasteiger partial charge in [0.25, 0.3) is 0 Å². The number of aryl methyl sites for hydroxylation is 1. The van der Waals surface area contributed by atoms with Crippen molar-refractivity contribution in [2.24, 2.45) is 0 Å². The molecule has 0 spiro atoms. The van der Waals surface area contributed by atoms with Crippen LogP contribution in [0.3, 0.4) is 0 Å². The number of hydrogen-bond acceptors (Lipinski definition) is 1. The Bertz CT molecular complexity index is 460. The molecule has 1 nitrogen and oxygen atoms in total. The van der Waals surface area contributed by atoms with Gasteiger partial charge in [0, 0.05) is 0 Å². The van der Waals surface area contributed by atoms with E-state index in [9.17, 15) is 9.18 Å². The first-order chi connectivity index (χ1) is 8.18. The van der Waals surface area contributed by atoms with E-state index in [1.807, 2.05) is 13.0 Å². The topological polar surface area (TPSA) is 17.1 Å². The first-order valence-corrected chi connectivity index (χ1v) is 6.18. The van der Waals surface area contributed by atoms with Crippen molar-refractivity contribution in [3.63, 3.8) is 0 Å². The molecule has 0 unspecified atom stereocenters. The summed E-state index contributed by atoms with van der Waals surface area (Å²) in [5.41, 5.74) is 1.84. The summed E-state index contributed by atoms with van der Waals surface area (Å²) >= 11 is 0. The van der Waals surface area contributed by atoms with Crippen LogP contribution in [0.15, 0.2) is 29.8 Å². The van der Waals surface area contributed by atoms with Crippen molar-refractivity contribution in [3.05, 3.63) is 46.8 Å². The molecule has 1 aliphatic carbocycles. The second kappa shape index (κ2) is 5.26. The van der Waals surface area contributed by atoms with Gasteiger partial charge >= 0.3 is 0 Å². The van der Waals surface area contributed by atoms with Crippen LogP contribution >= 0.6 is 0 Å². The van der Waals surface area contributed by atoms with Crippen LogP contribution in [0, 0.1) is 12.7 Å². The average Bonchev–Trinajstić information content (AvgIpc) is 2.56. The van der Waals surface area contributed by atoms with E-state index in [-0.39, 0.29) is 11.3 Å². The zero-order chi connectivity index (χ0) is 12.3. The van der Waals surface area contributed by atoms with Crippen molar-refractivity contribution in [3.8, 4) is 0 Å². The van der Waals surface area contributed by atoms with Crippen LogP contribution in [0.2, 0.25) is 0 Å². The SMILES string of the molecule is Cc1ccc(C(=O)C2=CCCCCC2)c(F)c1. The highest BCUT2D eigenvalue weighted by molar-refractivity contribution is 6.08. The Morgan fingerprint density at radius 1 is 1.24 bits per heavy atom. The largest absolute Gasteiger partial charge is 0.289 e. The summed E-state index contributed by atoms with van der Waals surface area (Å²) in [5, 5.41) is 0. The van der Waals surface area contributed by atoms with Gasteiger partial charge in [-0.3, -0.25) is 4.79 Å². The molecular weight excluding hydrogens is 215 g/mol. The minimum absolute atomic E-state index is 0.135. The maximum Gasteiger partial charge on any atom is 0.191 e. The number of allylic oxidation sites excluding steroid dienone is 2. The van der Waals surface area contributed by atoms with E-state index in [0.717, 1.165) is 43.2 Å². The lowest BCUT2D eigenvalue weighted by Gasteiger charge is -2.06. The zero-order valence-electron chi connectivity index (χ0n) is 10.1. The standard InChI is InChI=1S/C15H17FO/c1-11-8-9-13(14(16)10-11)15(17)12-6-4-2-3-5-7-12/h6,8-10H,2-5,7H2,1H3. The second-order valence-corrected chi connectivity index (χ2v) is 4.64. The summed E-state index contributed by atoms with van der Waals surface area (Å²) in [6, 6.07) is 4.80. The third-order valence-electron chi connectivity index (χ3n) is 3.20. The molecular formula is C15H17FO. The fourth-order valence-corrected chi connectivity index (χ4v) is 2.20. The first-order valence-electron chi connectivity index (χ1n) is 6.18. The minimum atomic E-state index is -0.403. The molecule has 0 fully saturated rings. The lowest BCUT2D eigenvalue weighted by molar-refractivity contribution is 0.102. The molecule has 0 atom stereocenters. The number of hydrogen-bond donors (Lipinski definition) is 0. The lowest BCUT2D eigenvalue weighted by Crippen LogP contribution is -2.06. The van der Waals surface area contributed by atoms with Crippen molar-refractivity contribution in [1.82, 2.24) is 0 Å². The van der Waals surface area contributed by atoms with E-state index < -0.39 is 5.82 Å². The molecule has 2 rings (SSSR count). The fraction of sp³-hybridized carbons (Fsp3) is 0.400. The highest BCUT2D eigenvalue weighted by Gasteiger charge is 2.17. The molecule has 0 bridgehead atoms. The summed E-state index contributed by atoms with van der Waals surface area (Å²) in [5.74, 6) is -0.537. The monoisotopic (exact) mass is 232 g/mol. The third kappa shape index (κ3) is 2.82. The van der Waals surface area contributed by atoms with Gasteiger partial charge in [0.05, 0.1) is 5.56 Å². The van der Waals surface area contributed by atoms with Gasteiger partial charge in [-0.05, 0) is 55.9 Å². The number of carbonyl (C=O) groups excluding carboxylic acids is 1. The van der Waals surface area contributed by atoms with Gasteiger partial charge < -0.3 is 0 Å². The number of rotatable bonds is 2. The van der Waals surface area contributed by atoms with Crippen LogP contribution in [0.25, 0.3) is 0 Å². The molecule has 0 saturated carbocycles. The van der Waals surface area contributed by atoms with Gasteiger partial charge in [-0.15, -0.1) is 0 Å². The van der Waals surface area contributed by atoms with Gasteiger partial charge in [-0.1, -0.05) is 18.6 Å². The van der Waals surface area contributed by atoms with Crippen molar-refractivity contribution < 1.29 is 9.18 Å². The molecule has 0 heterocycles. The van der Waals surface area contributed by atoms with Gasteiger partial charge in [0.1, 0.15) is 5.82 Å². The Hall–Kier alpha value is -1.44. The third-order valence-corrected chi connectivity index (χ3v) is 3.20. The van der Waals surface area contributed by atoms with Gasteiger partial charge in [-0.2, -0.15) is 0 Å². The summed E-state index contributed by atoms with van der Waals surface area (Å²) < 4.78 is 13.7. The summed E-state index contributed by atoms with van der Waals surface area (Å²) in [4.78, 5) is 12.2. The molecule has 1 aliphatic rings. The predicted molar refractivity (Wildman–Crippen MR) is 66.6 cm³/mol. The van der Waals surface area contributed by atoms with E-state index in [1.165, 1.54) is 6.07 Å². The Morgan fingerprint density at radius 2 is 2.06 bits per heavy atom. The van der Waals surface area contributed by atoms with Crippen LogP contribution in [0.5, 0.6) is 0 Å². The molecule has 0 aromatic heterocycles. The molecule has 0 saturated heterocycles. The van der Waals surface area contributed by atoms with E-state index in [1.54, 1.807) is 12.1 Å². The molecule has 0 radical (unpaired) electrons. The predicted octanol–water partition coefficient (Wildman–Crippen LogP) is 4.21. The Kier molecular flexibility index (Phi) is 3.72. The number of benzene rings is 1. The molecule has 2 heteroatoms. The molecule has 0 N–H and O–H groups in total. The number of Topliss-reactive ketones (excluding diaryl/α,β-unsaturated/α-hetero) is 1. The molecule has 1 aromatic rings. The highest BCUT2D eigenvalue weighted by Crippen LogP contribution is 2.22. The van der Waals surface area contributed by atoms with Crippen molar-refractivity contribution in [1.29, 1.82) is 0 Å². The molecule has 1 aromatic carbocycles. The highest BCUT2D eigenvalue weighted by atomic mass is 19.1. The number of halogens is 1. The number of ketones is 1. The normalized spacial score (nSPS) is 16.2. The van der Waals surface area contributed by atoms with Crippen molar-refractivity contribution in [2.45, 2.75) is 39.0 Å². The molecule has 90 valence electrons. The van der Waals surface area contributed by atoms with E-state index >= 15 is 0 Å². The van der Waals surface area contributed by atoms with Crippen LogP contribution < -0.4 is 0 Å². The maximum atomic E-state index is 13.7. The van der Waals surface area contributed by atoms with E-state index in [0.29, 0.717) is 0 Å². The van der Waals surface area contributed by atoms with Crippen molar-refractivity contribution in [2.75, 3.05) is 0 Å². The minimum Gasteiger partial charge on any atom is -0.289 e. The van der Waals surface area contributed by atoms with Crippen LogP contribution in [-0.4, -0.2) is 5.78 Å². The molecule has 0 amide bonds. The fourth-order valence-electron chi connectivity index (χ4n) is 2.20. The van der Waals surface area contributed by atoms with Crippen LogP contribution in [0.4, 0.5) is 4.39 Å².